The third kappa shape index (κ3) is 2.82. The van der Waals surface area contributed by atoms with E-state index in [9.17, 15) is 9.59 Å². The molecule has 0 saturated carbocycles. The zero-order valence-electron chi connectivity index (χ0n) is 10.6. The van der Waals surface area contributed by atoms with Crippen molar-refractivity contribution in [3.05, 3.63) is 33.7 Å². The molecule has 2 amide bonds. The fourth-order valence-electron chi connectivity index (χ4n) is 1.65. The Morgan fingerprint density at radius 2 is 2.25 bits per heavy atom. The minimum Gasteiger partial charge on any atom is -0.495 e. The molecule has 1 aliphatic rings. The SMILES string of the molecule is C#CCN1C(=O)S/C(=C\c2ccc(OC)c(Cl)c2)C1=O. The maximum Gasteiger partial charge on any atom is 0.294 e. The number of hydrogen-bond acceptors (Lipinski definition) is 4. The molecule has 0 aromatic heterocycles. The second-order valence-corrected chi connectivity index (χ2v) is 5.27. The highest BCUT2D eigenvalue weighted by molar-refractivity contribution is 8.18. The van der Waals surface area contributed by atoms with Crippen LogP contribution in [0.2, 0.25) is 5.02 Å². The maximum absolute atomic E-state index is 12.0. The molecular formula is C14H10ClNO3S. The highest BCUT2D eigenvalue weighted by Gasteiger charge is 2.34. The normalized spacial score (nSPS) is 16.6. The predicted molar refractivity (Wildman–Crippen MR) is 79.5 cm³/mol. The highest BCUT2D eigenvalue weighted by Crippen LogP contribution is 2.33. The van der Waals surface area contributed by atoms with Gasteiger partial charge in [-0.05, 0) is 35.5 Å². The van der Waals surface area contributed by atoms with Gasteiger partial charge in [0.05, 0.1) is 23.6 Å². The summed E-state index contributed by atoms with van der Waals surface area (Å²) in [4.78, 5) is 25.0. The molecular weight excluding hydrogens is 298 g/mol. The second kappa shape index (κ2) is 6.04. The summed E-state index contributed by atoms with van der Waals surface area (Å²) in [6.45, 7) is -0.0224. The van der Waals surface area contributed by atoms with E-state index in [0.29, 0.717) is 21.2 Å². The first-order chi connectivity index (χ1) is 9.56. The largest absolute Gasteiger partial charge is 0.495 e. The molecule has 0 N–H and O–H groups in total. The Kier molecular flexibility index (Phi) is 4.38. The van der Waals surface area contributed by atoms with E-state index in [1.54, 1.807) is 24.3 Å². The summed E-state index contributed by atoms with van der Waals surface area (Å²) >= 11 is 6.87. The number of nitrogens with zero attached hydrogens (tertiary/aromatic N) is 1. The van der Waals surface area contributed by atoms with Crippen molar-refractivity contribution >= 4 is 40.6 Å². The van der Waals surface area contributed by atoms with E-state index >= 15 is 0 Å². The van der Waals surface area contributed by atoms with E-state index in [-0.39, 0.29) is 17.7 Å². The molecule has 20 heavy (non-hydrogen) atoms. The summed E-state index contributed by atoms with van der Waals surface area (Å²) < 4.78 is 5.05. The maximum atomic E-state index is 12.0. The van der Waals surface area contributed by atoms with E-state index in [1.807, 2.05) is 0 Å². The molecule has 2 rings (SSSR count). The number of carbonyl (C=O) groups excluding carboxylic acids is 2. The Hall–Kier alpha value is -1.90. The molecule has 1 fully saturated rings. The number of amides is 2. The molecule has 6 heteroatoms. The van der Waals surface area contributed by atoms with Gasteiger partial charge in [-0.3, -0.25) is 14.5 Å². The van der Waals surface area contributed by atoms with Crippen molar-refractivity contribution in [3.63, 3.8) is 0 Å². The van der Waals surface area contributed by atoms with E-state index in [0.717, 1.165) is 16.7 Å². The van der Waals surface area contributed by atoms with E-state index in [2.05, 4.69) is 5.92 Å². The molecule has 0 spiro atoms. The number of halogens is 1. The van der Waals surface area contributed by atoms with Gasteiger partial charge in [0.2, 0.25) is 0 Å². The standard InChI is InChI=1S/C14H10ClNO3S/c1-3-6-16-13(17)12(20-14(16)18)8-9-4-5-11(19-2)10(15)7-9/h1,4-5,7-8H,6H2,2H3/b12-8-. The van der Waals surface area contributed by atoms with Crippen molar-refractivity contribution in [3.8, 4) is 18.1 Å². The van der Waals surface area contributed by atoms with E-state index < -0.39 is 0 Å². The number of benzene rings is 1. The lowest BCUT2D eigenvalue weighted by Crippen LogP contribution is -2.28. The monoisotopic (exact) mass is 307 g/mol. The summed E-state index contributed by atoms with van der Waals surface area (Å²) in [5, 5.41) is 0.0721. The van der Waals surface area contributed by atoms with Crippen LogP contribution in [0.15, 0.2) is 23.1 Å². The van der Waals surface area contributed by atoms with Crippen LogP contribution in [0.4, 0.5) is 4.79 Å². The van der Waals surface area contributed by atoms with Gasteiger partial charge in [-0.15, -0.1) is 6.42 Å². The van der Waals surface area contributed by atoms with Crippen molar-refractivity contribution in [1.82, 2.24) is 4.90 Å². The van der Waals surface area contributed by atoms with Crippen molar-refractivity contribution in [1.29, 1.82) is 0 Å². The Balaban J connectivity index is 2.28. The summed E-state index contributed by atoms with van der Waals surface area (Å²) in [7, 11) is 1.52. The molecule has 0 aliphatic carbocycles. The van der Waals surface area contributed by atoms with Gasteiger partial charge in [-0.2, -0.15) is 0 Å². The number of hydrogen-bond donors (Lipinski definition) is 0. The van der Waals surface area contributed by atoms with E-state index in [1.165, 1.54) is 7.11 Å². The molecule has 0 unspecified atom stereocenters. The topological polar surface area (TPSA) is 46.6 Å². The van der Waals surface area contributed by atoms with Crippen LogP contribution < -0.4 is 4.74 Å². The Bertz CT molecular complexity index is 648. The molecule has 0 radical (unpaired) electrons. The van der Waals surface area contributed by atoms with Gasteiger partial charge in [0.25, 0.3) is 11.1 Å². The molecule has 1 aromatic carbocycles. The summed E-state index contributed by atoms with van der Waals surface area (Å²) in [6.07, 6.45) is 6.73. The smallest absolute Gasteiger partial charge is 0.294 e. The average molecular weight is 308 g/mol. The van der Waals surface area contributed by atoms with Gasteiger partial charge in [0.1, 0.15) is 5.75 Å². The van der Waals surface area contributed by atoms with Crippen LogP contribution in [0.25, 0.3) is 6.08 Å². The third-order valence-corrected chi connectivity index (χ3v) is 3.80. The minimum absolute atomic E-state index is 0.0224. The summed E-state index contributed by atoms with van der Waals surface area (Å²) in [5.74, 6) is 2.45. The number of terminal acetylenes is 1. The predicted octanol–water partition coefficient (Wildman–Crippen LogP) is 3.02. The molecule has 1 heterocycles. The molecule has 1 aliphatic heterocycles. The first-order valence-corrected chi connectivity index (χ1v) is 6.78. The minimum atomic E-state index is -0.384. The fraction of sp³-hybridized carbons (Fsp3) is 0.143. The number of rotatable bonds is 3. The number of imide groups is 1. The fourth-order valence-corrected chi connectivity index (χ4v) is 2.76. The lowest BCUT2D eigenvalue weighted by atomic mass is 10.2. The number of ether oxygens (including phenoxy) is 1. The lowest BCUT2D eigenvalue weighted by Gasteiger charge is -2.06. The van der Waals surface area contributed by atoms with Gasteiger partial charge < -0.3 is 4.74 Å². The highest BCUT2D eigenvalue weighted by atomic mass is 35.5. The van der Waals surface area contributed by atoms with Crippen LogP contribution in [-0.4, -0.2) is 29.7 Å². The molecule has 1 saturated heterocycles. The zero-order valence-corrected chi connectivity index (χ0v) is 12.1. The lowest BCUT2D eigenvalue weighted by molar-refractivity contribution is -0.122. The summed E-state index contributed by atoms with van der Waals surface area (Å²) in [6, 6.07) is 5.11. The van der Waals surface area contributed by atoms with Crippen LogP contribution >= 0.6 is 23.4 Å². The van der Waals surface area contributed by atoms with Crippen LogP contribution in [0.5, 0.6) is 5.75 Å². The van der Waals surface area contributed by atoms with Crippen molar-refractivity contribution in [2.24, 2.45) is 0 Å². The van der Waals surface area contributed by atoms with Crippen LogP contribution in [0.1, 0.15) is 5.56 Å². The first-order valence-electron chi connectivity index (χ1n) is 5.59. The molecule has 4 nitrogen and oxygen atoms in total. The van der Waals surface area contributed by atoms with Crippen LogP contribution in [0, 0.1) is 12.3 Å². The Labute approximate surface area is 125 Å². The van der Waals surface area contributed by atoms with Crippen molar-refractivity contribution in [2.75, 3.05) is 13.7 Å². The summed E-state index contributed by atoms with van der Waals surface area (Å²) in [5.41, 5.74) is 0.710. The van der Waals surface area contributed by atoms with Gasteiger partial charge >= 0.3 is 0 Å². The van der Waals surface area contributed by atoms with Crippen LogP contribution in [-0.2, 0) is 4.79 Å². The van der Waals surface area contributed by atoms with Gasteiger partial charge in [0, 0.05) is 0 Å². The number of carbonyl (C=O) groups is 2. The Morgan fingerprint density at radius 3 is 2.85 bits per heavy atom. The second-order valence-electron chi connectivity index (χ2n) is 3.87. The van der Waals surface area contributed by atoms with Crippen LogP contribution in [0.3, 0.4) is 0 Å². The quantitative estimate of drug-likeness (QED) is 0.636. The van der Waals surface area contributed by atoms with E-state index in [4.69, 9.17) is 22.8 Å². The molecule has 0 bridgehead atoms. The van der Waals surface area contributed by atoms with Crippen molar-refractivity contribution < 1.29 is 14.3 Å². The molecule has 102 valence electrons. The Morgan fingerprint density at radius 1 is 1.50 bits per heavy atom. The third-order valence-electron chi connectivity index (χ3n) is 2.60. The number of thioether (sulfide) groups is 1. The van der Waals surface area contributed by atoms with Gasteiger partial charge in [-0.25, -0.2) is 0 Å². The zero-order chi connectivity index (χ0) is 14.7. The van der Waals surface area contributed by atoms with Gasteiger partial charge in [0.15, 0.2) is 0 Å². The van der Waals surface area contributed by atoms with Crippen molar-refractivity contribution in [2.45, 2.75) is 0 Å². The average Bonchev–Trinajstić information content (AvgIpc) is 2.67. The molecule has 0 atom stereocenters. The molecule has 1 aromatic rings. The number of methoxy groups -OCH3 is 1. The van der Waals surface area contributed by atoms with Gasteiger partial charge in [-0.1, -0.05) is 23.6 Å². The first kappa shape index (κ1) is 14.5.